The van der Waals surface area contributed by atoms with E-state index < -0.39 is 0 Å². The molecule has 1 N–H and O–H groups in total. The SMILES string of the molecule is [O-][N+]1=C(c2ccc3c(c2)OCO3)C=[N+](O)[C@H]2CCCC[C@H]21. The van der Waals surface area contributed by atoms with Crippen molar-refractivity contribution < 1.29 is 24.2 Å². The Kier molecular flexibility index (Phi) is 2.77. The Morgan fingerprint density at radius 3 is 2.71 bits per heavy atom. The van der Waals surface area contributed by atoms with Crippen molar-refractivity contribution in [3.05, 3.63) is 29.0 Å². The van der Waals surface area contributed by atoms with Crippen LogP contribution >= 0.6 is 0 Å². The zero-order valence-electron chi connectivity index (χ0n) is 11.6. The van der Waals surface area contributed by atoms with Crippen LogP contribution in [-0.2, 0) is 0 Å². The third-order valence-corrected chi connectivity index (χ3v) is 4.50. The number of ether oxygens (including phenoxy) is 2. The van der Waals surface area contributed by atoms with Gasteiger partial charge in [-0.2, -0.15) is 4.74 Å². The average Bonchev–Trinajstić information content (AvgIpc) is 2.98. The highest BCUT2D eigenvalue weighted by molar-refractivity contribution is 6.34. The summed E-state index contributed by atoms with van der Waals surface area (Å²) in [7, 11) is 0. The highest BCUT2D eigenvalue weighted by Crippen LogP contribution is 2.33. The molecule has 1 aromatic rings. The lowest BCUT2D eigenvalue weighted by Gasteiger charge is -2.28. The quantitative estimate of drug-likeness (QED) is 0.483. The second kappa shape index (κ2) is 4.65. The number of fused-ring (bicyclic) bond motifs is 2. The summed E-state index contributed by atoms with van der Waals surface area (Å²) < 4.78 is 12.9. The number of hydrogen-bond donors (Lipinski definition) is 1. The number of benzene rings is 1. The normalized spacial score (nSPS) is 27.3. The standard InChI is InChI=1S/C15H17N2O4/c18-16-8-13(17(19)12-4-2-1-3-11(12)16)10-5-6-14-15(7-10)21-9-20-14/h5-8,11-12,18H,1-4,9H2/q+1/t11-,12+/m0/s1. The van der Waals surface area contributed by atoms with Gasteiger partial charge in [0.2, 0.25) is 12.8 Å². The Hall–Kier alpha value is -2.24. The van der Waals surface area contributed by atoms with Gasteiger partial charge in [0, 0.05) is 12.8 Å². The van der Waals surface area contributed by atoms with Gasteiger partial charge in [0.05, 0.1) is 5.56 Å². The fourth-order valence-electron chi connectivity index (χ4n) is 3.39. The van der Waals surface area contributed by atoms with Crippen molar-refractivity contribution in [1.29, 1.82) is 0 Å². The fourth-order valence-corrected chi connectivity index (χ4v) is 3.39. The molecule has 2 atom stereocenters. The van der Waals surface area contributed by atoms with E-state index in [2.05, 4.69) is 0 Å². The molecule has 6 heteroatoms. The first-order chi connectivity index (χ1) is 10.2. The molecule has 6 nitrogen and oxygen atoms in total. The summed E-state index contributed by atoms with van der Waals surface area (Å²) in [5, 5.41) is 22.8. The van der Waals surface area contributed by atoms with E-state index in [0.717, 1.165) is 36.0 Å². The molecule has 0 spiro atoms. The van der Waals surface area contributed by atoms with Crippen LogP contribution in [0, 0.1) is 5.21 Å². The molecule has 1 fully saturated rings. The summed E-state index contributed by atoms with van der Waals surface area (Å²) in [5.74, 6) is 1.32. The molecule has 1 saturated carbocycles. The van der Waals surface area contributed by atoms with E-state index in [1.54, 1.807) is 12.1 Å². The van der Waals surface area contributed by atoms with E-state index in [1.807, 2.05) is 6.07 Å². The van der Waals surface area contributed by atoms with E-state index in [9.17, 15) is 10.4 Å². The molecule has 0 amide bonds. The highest BCUT2D eigenvalue weighted by atomic mass is 16.7. The van der Waals surface area contributed by atoms with E-state index in [1.165, 1.54) is 11.0 Å². The number of rotatable bonds is 1. The maximum Gasteiger partial charge on any atom is 0.288 e. The van der Waals surface area contributed by atoms with Crippen molar-refractivity contribution in [2.45, 2.75) is 37.8 Å². The van der Waals surface area contributed by atoms with Gasteiger partial charge < -0.3 is 14.7 Å². The molecule has 0 saturated heterocycles. The van der Waals surface area contributed by atoms with Crippen LogP contribution in [0.2, 0.25) is 0 Å². The van der Waals surface area contributed by atoms with Crippen molar-refractivity contribution >= 4 is 11.9 Å². The Morgan fingerprint density at radius 1 is 1.10 bits per heavy atom. The second-order valence-corrected chi connectivity index (χ2v) is 5.71. The summed E-state index contributed by atoms with van der Waals surface area (Å²) in [6.07, 6.45) is 5.27. The zero-order valence-corrected chi connectivity index (χ0v) is 11.6. The van der Waals surface area contributed by atoms with Crippen molar-refractivity contribution in [2.24, 2.45) is 0 Å². The molecular weight excluding hydrogens is 272 g/mol. The predicted octanol–water partition coefficient (Wildman–Crippen LogP) is 1.51. The number of hydrogen-bond acceptors (Lipinski definition) is 4. The summed E-state index contributed by atoms with van der Waals surface area (Å²) in [6.45, 7) is 0.204. The van der Waals surface area contributed by atoms with Crippen LogP contribution in [0.15, 0.2) is 18.2 Å². The minimum Gasteiger partial charge on any atom is -0.623 e. The van der Waals surface area contributed by atoms with Crippen LogP contribution in [0.5, 0.6) is 11.5 Å². The summed E-state index contributed by atoms with van der Waals surface area (Å²) in [4.78, 5) is 0. The monoisotopic (exact) mass is 289 g/mol. The topological polar surface area (TPSA) is 67.8 Å². The van der Waals surface area contributed by atoms with Gasteiger partial charge in [-0.1, -0.05) is 0 Å². The van der Waals surface area contributed by atoms with Gasteiger partial charge in [0.25, 0.3) is 18.0 Å². The average molecular weight is 289 g/mol. The Morgan fingerprint density at radius 2 is 1.86 bits per heavy atom. The molecule has 21 heavy (non-hydrogen) atoms. The van der Waals surface area contributed by atoms with E-state index in [0.29, 0.717) is 17.2 Å². The first kappa shape index (κ1) is 12.5. The Balaban J connectivity index is 1.76. The molecule has 1 aromatic carbocycles. The summed E-state index contributed by atoms with van der Waals surface area (Å²) in [6, 6.07) is 5.11. The van der Waals surface area contributed by atoms with Crippen molar-refractivity contribution in [2.75, 3.05) is 6.79 Å². The molecule has 0 radical (unpaired) electrons. The van der Waals surface area contributed by atoms with Gasteiger partial charge in [-0.15, -0.1) is 0 Å². The van der Waals surface area contributed by atoms with Gasteiger partial charge in [0.1, 0.15) is 0 Å². The van der Waals surface area contributed by atoms with Crippen LogP contribution in [0.25, 0.3) is 0 Å². The molecule has 2 aliphatic heterocycles. The van der Waals surface area contributed by atoms with Crippen molar-refractivity contribution in [3.63, 3.8) is 0 Å². The van der Waals surface area contributed by atoms with Crippen LogP contribution < -0.4 is 9.47 Å². The molecule has 4 rings (SSSR count). The van der Waals surface area contributed by atoms with E-state index in [-0.39, 0.29) is 18.9 Å². The maximum absolute atomic E-state index is 12.6. The lowest BCUT2D eigenvalue weighted by atomic mass is 9.89. The molecule has 2 heterocycles. The van der Waals surface area contributed by atoms with Crippen LogP contribution in [0.4, 0.5) is 0 Å². The highest BCUT2D eigenvalue weighted by Gasteiger charge is 2.45. The number of nitrogens with zero attached hydrogens (tertiary/aromatic N) is 2. The second-order valence-electron chi connectivity index (χ2n) is 5.71. The summed E-state index contributed by atoms with van der Waals surface area (Å²) >= 11 is 0. The third kappa shape index (κ3) is 1.93. The third-order valence-electron chi connectivity index (χ3n) is 4.50. The van der Waals surface area contributed by atoms with Crippen molar-refractivity contribution in [1.82, 2.24) is 0 Å². The van der Waals surface area contributed by atoms with Crippen LogP contribution in [0.3, 0.4) is 0 Å². The first-order valence-corrected chi connectivity index (χ1v) is 7.29. The molecule has 110 valence electrons. The maximum atomic E-state index is 12.6. The van der Waals surface area contributed by atoms with Gasteiger partial charge in [-0.25, -0.2) is 0 Å². The molecular formula is C15H17N2O4+. The lowest BCUT2D eigenvalue weighted by molar-refractivity contribution is -0.819. The van der Waals surface area contributed by atoms with Gasteiger partial charge >= 0.3 is 0 Å². The van der Waals surface area contributed by atoms with E-state index >= 15 is 0 Å². The minimum atomic E-state index is -0.186. The predicted molar refractivity (Wildman–Crippen MR) is 74.5 cm³/mol. The van der Waals surface area contributed by atoms with Crippen molar-refractivity contribution in [3.8, 4) is 11.5 Å². The lowest BCUT2D eigenvalue weighted by Crippen LogP contribution is -2.51. The largest absolute Gasteiger partial charge is 0.623 e. The van der Waals surface area contributed by atoms with Crippen LogP contribution in [0.1, 0.15) is 31.2 Å². The van der Waals surface area contributed by atoms with Gasteiger partial charge in [0.15, 0.2) is 11.5 Å². The molecule has 3 aliphatic rings. The van der Waals surface area contributed by atoms with Gasteiger partial charge in [-0.05, 0) is 35.8 Å². The number of hydroxylamine groups is 2. The van der Waals surface area contributed by atoms with Gasteiger partial charge in [-0.3, -0.25) is 5.21 Å². The first-order valence-electron chi connectivity index (χ1n) is 7.29. The zero-order chi connectivity index (χ0) is 14.4. The summed E-state index contributed by atoms with van der Waals surface area (Å²) in [5.41, 5.74) is 1.20. The molecule has 1 aliphatic carbocycles. The minimum absolute atomic E-state index is 0.103. The molecule has 0 unspecified atom stereocenters. The smallest absolute Gasteiger partial charge is 0.288 e. The molecule has 0 aromatic heterocycles. The van der Waals surface area contributed by atoms with Crippen LogP contribution in [-0.4, -0.2) is 45.5 Å². The Bertz CT molecular complexity index is 653. The fraction of sp³-hybridized carbons (Fsp3) is 0.467. The molecule has 0 bridgehead atoms. The Labute approximate surface area is 122 Å². The van der Waals surface area contributed by atoms with E-state index in [4.69, 9.17) is 9.47 Å².